The number of piperazine rings is 1. The monoisotopic (exact) mass is 285 g/mol. The Morgan fingerprint density at radius 2 is 1.70 bits per heavy atom. The number of urea groups is 1. The Labute approximate surface area is 121 Å². The summed E-state index contributed by atoms with van der Waals surface area (Å²) in [5.74, 6) is -0.338. The number of carboxylic acid groups (broad SMARTS) is 1. The number of aliphatic carboxylic acids is 1. The van der Waals surface area contributed by atoms with E-state index in [0.29, 0.717) is 25.6 Å². The number of carbonyl (C=O) groups is 2. The summed E-state index contributed by atoms with van der Waals surface area (Å²) in [5.41, 5.74) is 0. The van der Waals surface area contributed by atoms with Crippen molar-refractivity contribution in [2.45, 2.75) is 33.2 Å². The molecule has 2 amide bonds. The van der Waals surface area contributed by atoms with Gasteiger partial charge in [0.15, 0.2) is 0 Å². The molecule has 0 aromatic rings. The van der Waals surface area contributed by atoms with E-state index >= 15 is 0 Å². The van der Waals surface area contributed by atoms with E-state index < -0.39 is 5.97 Å². The smallest absolute Gasteiger partial charge is 0.320 e. The summed E-state index contributed by atoms with van der Waals surface area (Å²) in [6.45, 7) is 9.70. The van der Waals surface area contributed by atoms with Crippen LogP contribution in [0.4, 0.5) is 4.79 Å². The molecule has 0 aromatic carbocycles. The molecule has 1 saturated heterocycles. The van der Waals surface area contributed by atoms with Gasteiger partial charge in [-0.1, -0.05) is 13.8 Å². The molecule has 0 aromatic heterocycles. The van der Waals surface area contributed by atoms with Crippen LogP contribution >= 0.6 is 0 Å². The highest BCUT2D eigenvalue weighted by Gasteiger charge is 2.26. The van der Waals surface area contributed by atoms with Crippen LogP contribution in [0.5, 0.6) is 0 Å². The van der Waals surface area contributed by atoms with Crippen LogP contribution in [0.1, 0.15) is 27.2 Å². The zero-order chi connectivity index (χ0) is 15.3. The van der Waals surface area contributed by atoms with Crippen molar-refractivity contribution < 1.29 is 14.7 Å². The van der Waals surface area contributed by atoms with Crippen LogP contribution in [0.3, 0.4) is 0 Å². The summed E-state index contributed by atoms with van der Waals surface area (Å²) in [5, 5.41) is 8.67. The summed E-state index contributed by atoms with van der Waals surface area (Å²) >= 11 is 0. The lowest BCUT2D eigenvalue weighted by molar-refractivity contribution is -0.137. The lowest BCUT2D eigenvalue weighted by atomic mass is 10.1. The van der Waals surface area contributed by atoms with Crippen molar-refractivity contribution in [2.24, 2.45) is 5.92 Å². The summed E-state index contributed by atoms with van der Waals surface area (Å²) in [7, 11) is 1.85. The number of carboxylic acids is 1. The number of hydrogen-bond acceptors (Lipinski definition) is 3. The first-order valence-corrected chi connectivity index (χ1v) is 7.28. The third-order valence-corrected chi connectivity index (χ3v) is 4.16. The van der Waals surface area contributed by atoms with Gasteiger partial charge in [0.2, 0.25) is 0 Å². The van der Waals surface area contributed by atoms with Crippen molar-refractivity contribution in [1.29, 1.82) is 0 Å². The molecule has 1 heterocycles. The van der Waals surface area contributed by atoms with E-state index in [2.05, 4.69) is 25.7 Å². The molecule has 1 aliphatic rings. The Morgan fingerprint density at radius 1 is 1.15 bits per heavy atom. The molecule has 1 N–H and O–H groups in total. The summed E-state index contributed by atoms with van der Waals surface area (Å²) < 4.78 is 0. The zero-order valence-corrected chi connectivity index (χ0v) is 13.0. The first-order valence-electron chi connectivity index (χ1n) is 7.28. The first-order chi connectivity index (χ1) is 9.32. The Morgan fingerprint density at radius 3 is 2.15 bits per heavy atom. The van der Waals surface area contributed by atoms with Crippen molar-refractivity contribution in [3.8, 4) is 0 Å². The van der Waals surface area contributed by atoms with E-state index in [9.17, 15) is 9.59 Å². The van der Waals surface area contributed by atoms with Crippen LogP contribution < -0.4 is 0 Å². The molecule has 0 spiro atoms. The predicted octanol–water partition coefficient (Wildman–Crippen LogP) is 1.17. The van der Waals surface area contributed by atoms with Gasteiger partial charge in [0.1, 0.15) is 0 Å². The van der Waals surface area contributed by atoms with Crippen LogP contribution in [0.25, 0.3) is 0 Å². The van der Waals surface area contributed by atoms with Gasteiger partial charge in [0.05, 0.1) is 6.42 Å². The second-order valence-corrected chi connectivity index (χ2v) is 5.85. The van der Waals surface area contributed by atoms with Crippen molar-refractivity contribution >= 4 is 12.0 Å². The Hall–Kier alpha value is -1.30. The number of rotatable bonds is 5. The van der Waals surface area contributed by atoms with Gasteiger partial charge in [0, 0.05) is 45.8 Å². The fourth-order valence-corrected chi connectivity index (χ4v) is 2.26. The van der Waals surface area contributed by atoms with E-state index in [1.54, 1.807) is 4.90 Å². The SMILES string of the molecule is CC(C)C(C)N(C)C(=O)N1CCN(CCC(=O)O)CC1. The third-order valence-electron chi connectivity index (χ3n) is 4.16. The quantitative estimate of drug-likeness (QED) is 0.823. The van der Waals surface area contributed by atoms with Gasteiger partial charge in [-0.15, -0.1) is 0 Å². The molecule has 20 heavy (non-hydrogen) atoms. The second kappa shape index (κ2) is 7.47. The summed E-state index contributed by atoms with van der Waals surface area (Å²) in [4.78, 5) is 28.7. The van der Waals surface area contributed by atoms with Crippen LogP contribution in [0.15, 0.2) is 0 Å². The fourth-order valence-electron chi connectivity index (χ4n) is 2.26. The van der Waals surface area contributed by atoms with Crippen LogP contribution in [-0.4, -0.2) is 77.6 Å². The highest BCUT2D eigenvalue weighted by molar-refractivity contribution is 5.74. The van der Waals surface area contributed by atoms with Gasteiger partial charge in [-0.25, -0.2) is 4.79 Å². The maximum atomic E-state index is 12.4. The lowest BCUT2D eigenvalue weighted by Crippen LogP contribution is -2.54. The van der Waals surface area contributed by atoms with Crippen molar-refractivity contribution in [2.75, 3.05) is 39.8 Å². The van der Waals surface area contributed by atoms with Crippen LogP contribution in [0.2, 0.25) is 0 Å². The first kappa shape index (κ1) is 16.8. The van der Waals surface area contributed by atoms with E-state index in [-0.39, 0.29) is 18.5 Å². The molecule has 1 rings (SSSR count). The molecular weight excluding hydrogens is 258 g/mol. The molecule has 1 atom stereocenters. The Bertz CT molecular complexity index is 339. The van der Waals surface area contributed by atoms with Gasteiger partial charge in [-0.05, 0) is 12.8 Å². The fraction of sp³-hybridized carbons (Fsp3) is 0.857. The lowest BCUT2D eigenvalue weighted by Gasteiger charge is -2.38. The average Bonchev–Trinajstić information content (AvgIpc) is 2.43. The molecule has 0 bridgehead atoms. The Balaban J connectivity index is 2.40. The van der Waals surface area contributed by atoms with Gasteiger partial charge < -0.3 is 14.9 Å². The maximum absolute atomic E-state index is 12.4. The van der Waals surface area contributed by atoms with E-state index in [1.807, 2.05) is 11.9 Å². The molecule has 6 nitrogen and oxygen atoms in total. The van der Waals surface area contributed by atoms with Gasteiger partial charge in [0.25, 0.3) is 0 Å². The minimum absolute atomic E-state index is 0.0732. The molecular formula is C14H27N3O3. The molecule has 6 heteroatoms. The minimum Gasteiger partial charge on any atom is -0.481 e. The maximum Gasteiger partial charge on any atom is 0.320 e. The van der Waals surface area contributed by atoms with Gasteiger partial charge >= 0.3 is 12.0 Å². The van der Waals surface area contributed by atoms with Gasteiger partial charge in [-0.3, -0.25) is 9.69 Å². The zero-order valence-electron chi connectivity index (χ0n) is 13.0. The molecule has 1 unspecified atom stereocenters. The van der Waals surface area contributed by atoms with E-state index in [1.165, 1.54) is 0 Å². The molecule has 1 aliphatic heterocycles. The number of nitrogens with zero attached hydrogens (tertiary/aromatic N) is 3. The van der Waals surface area contributed by atoms with Gasteiger partial charge in [-0.2, -0.15) is 0 Å². The van der Waals surface area contributed by atoms with Crippen molar-refractivity contribution in [1.82, 2.24) is 14.7 Å². The standard InChI is InChI=1S/C14H27N3O3/c1-11(2)12(3)15(4)14(20)17-9-7-16(8-10-17)6-5-13(18)19/h11-12H,5-10H2,1-4H3,(H,18,19). The minimum atomic E-state index is -0.769. The topological polar surface area (TPSA) is 64.1 Å². The molecule has 0 radical (unpaired) electrons. The largest absolute Gasteiger partial charge is 0.481 e. The molecule has 0 aliphatic carbocycles. The number of carbonyl (C=O) groups excluding carboxylic acids is 1. The summed E-state index contributed by atoms with van der Waals surface area (Å²) in [6, 6.07) is 0.289. The summed E-state index contributed by atoms with van der Waals surface area (Å²) in [6.07, 6.45) is 0.165. The number of amides is 2. The van der Waals surface area contributed by atoms with E-state index in [4.69, 9.17) is 5.11 Å². The Kier molecular flexibility index (Phi) is 6.26. The van der Waals surface area contributed by atoms with Crippen LogP contribution in [-0.2, 0) is 4.79 Å². The third kappa shape index (κ3) is 4.67. The average molecular weight is 285 g/mol. The number of hydrogen-bond donors (Lipinski definition) is 1. The predicted molar refractivity (Wildman–Crippen MR) is 77.7 cm³/mol. The highest BCUT2D eigenvalue weighted by Crippen LogP contribution is 2.12. The molecule has 0 saturated carbocycles. The second-order valence-electron chi connectivity index (χ2n) is 5.85. The highest BCUT2D eigenvalue weighted by atomic mass is 16.4. The van der Waals surface area contributed by atoms with Crippen molar-refractivity contribution in [3.63, 3.8) is 0 Å². The molecule has 116 valence electrons. The normalized spacial score (nSPS) is 18.1. The van der Waals surface area contributed by atoms with Crippen LogP contribution in [0, 0.1) is 5.92 Å². The van der Waals surface area contributed by atoms with Crippen molar-refractivity contribution in [3.05, 3.63) is 0 Å². The van der Waals surface area contributed by atoms with E-state index in [0.717, 1.165) is 13.1 Å². The molecule has 1 fully saturated rings.